The molecule has 29 heavy (non-hydrogen) atoms. The quantitative estimate of drug-likeness (QED) is 0.637. The number of methoxy groups -OCH3 is 1. The van der Waals surface area contributed by atoms with Crippen LogP contribution in [0, 0.1) is 5.82 Å². The highest BCUT2D eigenvalue weighted by atomic mass is 19.1. The fourth-order valence-electron chi connectivity index (χ4n) is 2.85. The average molecular weight is 392 g/mol. The minimum atomic E-state index is -0.508. The zero-order valence-electron chi connectivity index (χ0n) is 15.9. The van der Waals surface area contributed by atoms with Crippen LogP contribution < -0.4 is 15.4 Å². The fourth-order valence-corrected chi connectivity index (χ4v) is 2.85. The lowest BCUT2D eigenvalue weighted by atomic mass is 10.1. The normalized spacial score (nSPS) is 10.3. The summed E-state index contributed by atoms with van der Waals surface area (Å²) in [6.07, 6.45) is 0.638. The number of amides is 2. The van der Waals surface area contributed by atoms with Crippen LogP contribution in [0.15, 0.2) is 72.8 Å². The van der Waals surface area contributed by atoms with E-state index in [9.17, 15) is 14.0 Å². The molecule has 2 amide bonds. The van der Waals surface area contributed by atoms with Crippen molar-refractivity contribution < 1.29 is 18.7 Å². The van der Waals surface area contributed by atoms with Crippen molar-refractivity contribution in [3.8, 4) is 5.75 Å². The van der Waals surface area contributed by atoms with Crippen molar-refractivity contribution in [2.24, 2.45) is 0 Å². The molecule has 0 aliphatic heterocycles. The molecule has 2 N–H and O–H groups in total. The number of hydrogen-bond donors (Lipinski definition) is 2. The Kier molecular flexibility index (Phi) is 6.58. The molecule has 0 aromatic heterocycles. The molecule has 0 spiro atoms. The lowest BCUT2D eigenvalue weighted by Crippen LogP contribution is -2.25. The molecule has 0 radical (unpaired) electrons. The van der Waals surface area contributed by atoms with Crippen LogP contribution in [0.3, 0.4) is 0 Å². The minimum absolute atomic E-state index is 0.107. The molecule has 3 aromatic carbocycles. The van der Waals surface area contributed by atoms with Crippen molar-refractivity contribution >= 4 is 17.5 Å². The second-order valence-corrected chi connectivity index (χ2v) is 6.33. The van der Waals surface area contributed by atoms with Gasteiger partial charge >= 0.3 is 0 Å². The van der Waals surface area contributed by atoms with Gasteiger partial charge in [-0.2, -0.15) is 0 Å². The van der Waals surface area contributed by atoms with Crippen molar-refractivity contribution in [2.75, 3.05) is 19.0 Å². The van der Waals surface area contributed by atoms with Crippen LogP contribution in [0.25, 0.3) is 0 Å². The third-order valence-electron chi connectivity index (χ3n) is 4.40. The molecule has 0 saturated carbocycles. The summed E-state index contributed by atoms with van der Waals surface area (Å²) in [6, 6.07) is 19.8. The first-order valence-corrected chi connectivity index (χ1v) is 9.14. The lowest BCUT2D eigenvalue weighted by Gasteiger charge is -2.10. The number of rotatable bonds is 7. The second kappa shape index (κ2) is 9.50. The van der Waals surface area contributed by atoms with Gasteiger partial charge < -0.3 is 15.4 Å². The number of para-hydroxylation sites is 2. The second-order valence-electron chi connectivity index (χ2n) is 6.33. The summed E-state index contributed by atoms with van der Waals surface area (Å²) < 4.78 is 18.9. The van der Waals surface area contributed by atoms with Gasteiger partial charge in [0.25, 0.3) is 11.8 Å². The number of benzene rings is 3. The van der Waals surface area contributed by atoms with Gasteiger partial charge in [0.1, 0.15) is 11.6 Å². The summed E-state index contributed by atoms with van der Waals surface area (Å²) in [5, 5.41) is 5.36. The molecular formula is C23H21FN2O3. The first-order valence-electron chi connectivity index (χ1n) is 9.14. The first-order chi connectivity index (χ1) is 14.1. The van der Waals surface area contributed by atoms with E-state index >= 15 is 0 Å². The first kappa shape index (κ1) is 20.1. The number of carbonyl (C=O) groups excluding carboxylic acids is 2. The van der Waals surface area contributed by atoms with Crippen molar-refractivity contribution in [1.82, 2.24) is 5.32 Å². The zero-order chi connectivity index (χ0) is 20.6. The molecule has 5 nitrogen and oxygen atoms in total. The van der Waals surface area contributed by atoms with E-state index in [0.717, 1.165) is 11.3 Å². The zero-order valence-corrected chi connectivity index (χ0v) is 15.9. The van der Waals surface area contributed by atoms with Crippen LogP contribution >= 0.6 is 0 Å². The van der Waals surface area contributed by atoms with Crippen molar-refractivity contribution in [2.45, 2.75) is 6.42 Å². The molecule has 0 aliphatic rings. The largest absolute Gasteiger partial charge is 0.496 e. The van der Waals surface area contributed by atoms with E-state index in [-0.39, 0.29) is 11.6 Å². The Hall–Kier alpha value is -3.67. The van der Waals surface area contributed by atoms with Gasteiger partial charge in [0, 0.05) is 17.7 Å². The van der Waals surface area contributed by atoms with E-state index in [1.54, 1.807) is 31.4 Å². The van der Waals surface area contributed by atoms with Gasteiger partial charge in [0.2, 0.25) is 0 Å². The molecule has 148 valence electrons. The Bertz CT molecular complexity index is 1000. The smallest absolute Gasteiger partial charge is 0.255 e. The number of ether oxygens (including phenoxy) is 1. The molecule has 0 heterocycles. The van der Waals surface area contributed by atoms with Crippen LogP contribution in [0.5, 0.6) is 5.75 Å². The molecule has 0 bridgehead atoms. The Morgan fingerprint density at radius 2 is 1.48 bits per heavy atom. The Morgan fingerprint density at radius 3 is 2.17 bits per heavy atom. The molecule has 3 aromatic rings. The number of hydrogen-bond acceptors (Lipinski definition) is 3. The third-order valence-corrected chi connectivity index (χ3v) is 4.40. The SMILES string of the molecule is COc1ccccc1CCNC(=O)c1ccc(C(=O)Nc2ccccc2F)cc1. The summed E-state index contributed by atoms with van der Waals surface area (Å²) in [6.45, 7) is 0.453. The number of nitrogens with one attached hydrogen (secondary N) is 2. The topological polar surface area (TPSA) is 67.4 Å². The Labute approximate surface area is 168 Å². The van der Waals surface area contributed by atoms with Crippen LogP contribution in [0.1, 0.15) is 26.3 Å². The Morgan fingerprint density at radius 1 is 0.862 bits per heavy atom. The molecule has 6 heteroatoms. The van der Waals surface area contributed by atoms with Crippen molar-refractivity contribution in [1.29, 1.82) is 0 Å². The molecule has 0 saturated heterocycles. The van der Waals surface area contributed by atoms with E-state index in [0.29, 0.717) is 24.1 Å². The van der Waals surface area contributed by atoms with Crippen molar-refractivity contribution in [3.05, 3.63) is 95.3 Å². The number of carbonyl (C=O) groups is 2. The van der Waals surface area contributed by atoms with E-state index in [2.05, 4.69) is 10.6 Å². The highest BCUT2D eigenvalue weighted by Gasteiger charge is 2.11. The Balaban J connectivity index is 1.56. The number of halogens is 1. The van der Waals surface area contributed by atoms with Gasteiger partial charge in [-0.3, -0.25) is 9.59 Å². The standard InChI is InChI=1S/C23H21FN2O3/c1-29-21-9-5-2-6-16(21)14-15-25-22(27)17-10-12-18(13-11-17)23(28)26-20-8-4-3-7-19(20)24/h2-13H,14-15H2,1H3,(H,25,27)(H,26,28). The predicted molar refractivity (Wildman–Crippen MR) is 110 cm³/mol. The van der Waals surface area contributed by atoms with Gasteiger partial charge in [-0.05, 0) is 54.4 Å². The van der Waals surface area contributed by atoms with Gasteiger partial charge in [0.05, 0.1) is 12.8 Å². The molecule has 3 rings (SSSR count). The van der Waals surface area contributed by atoms with Gasteiger partial charge in [-0.15, -0.1) is 0 Å². The van der Waals surface area contributed by atoms with Crippen LogP contribution in [0.2, 0.25) is 0 Å². The maximum atomic E-state index is 13.6. The molecule has 0 fully saturated rings. The minimum Gasteiger partial charge on any atom is -0.496 e. The molecular weight excluding hydrogens is 371 g/mol. The van der Waals surface area contributed by atoms with E-state index in [1.807, 2.05) is 24.3 Å². The fraction of sp³-hybridized carbons (Fsp3) is 0.130. The van der Waals surface area contributed by atoms with Gasteiger partial charge in [0.15, 0.2) is 0 Å². The van der Waals surface area contributed by atoms with E-state index in [4.69, 9.17) is 4.74 Å². The van der Waals surface area contributed by atoms with Gasteiger partial charge in [-0.1, -0.05) is 30.3 Å². The summed E-state index contributed by atoms with van der Waals surface area (Å²) in [5.41, 5.74) is 1.89. The highest BCUT2D eigenvalue weighted by molar-refractivity contribution is 6.05. The van der Waals surface area contributed by atoms with Gasteiger partial charge in [-0.25, -0.2) is 4.39 Å². The van der Waals surface area contributed by atoms with E-state index < -0.39 is 11.7 Å². The van der Waals surface area contributed by atoms with E-state index in [1.165, 1.54) is 24.3 Å². The summed E-state index contributed by atoms with van der Waals surface area (Å²) in [7, 11) is 1.61. The molecule has 0 unspecified atom stereocenters. The maximum absolute atomic E-state index is 13.6. The summed E-state index contributed by atoms with van der Waals surface area (Å²) in [5.74, 6) is -0.405. The van der Waals surface area contributed by atoms with Crippen LogP contribution in [-0.4, -0.2) is 25.5 Å². The molecule has 0 aliphatic carbocycles. The third kappa shape index (κ3) is 5.19. The summed E-state index contributed by atoms with van der Waals surface area (Å²) >= 11 is 0. The van der Waals surface area contributed by atoms with Crippen molar-refractivity contribution in [3.63, 3.8) is 0 Å². The predicted octanol–water partition coefficient (Wildman–Crippen LogP) is 4.06. The number of anilines is 1. The maximum Gasteiger partial charge on any atom is 0.255 e. The van der Waals surface area contributed by atoms with Crippen LogP contribution in [-0.2, 0) is 6.42 Å². The molecule has 0 atom stereocenters. The lowest BCUT2D eigenvalue weighted by molar-refractivity contribution is 0.0952. The highest BCUT2D eigenvalue weighted by Crippen LogP contribution is 2.17. The average Bonchev–Trinajstić information content (AvgIpc) is 2.75. The monoisotopic (exact) mass is 392 g/mol. The summed E-state index contributed by atoms with van der Waals surface area (Å²) in [4.78, 5) is 24.6. The van der Waals surface area contributed by atoms with Crippen LogP contribution in [0.4, 0.5) is 10.1 Å².